The van der Waals surface area contributed by atoms with Crippen molar-refractivity contribution in [1.82, 2.24) is 15.6 Å². The molecular formula is C24H26N4O4S. The molecule has 0 bridgehead atoms. The minimum Gasteiger partial charge on any atom is -0.493 e. The van der Waals surface area contributed by atoms with E-state index in [2.05, 4.69) is 15.6 Å². The van der Waals surface area contributed by atoms with Crippen molar-refractivity contribution in [1.29, 1.82) is 0 Å². The quantitative estimate of drug-likeness (QED) is 0.493. The summed E-state index contributed by atoms with van der Waals surface area (Å²) in [6, 6.07) is 12.3. The third-order valence-electron chi connectivity index (χ3n) is 5.58. The summed E-state index contributed by atoms with van der Waals surface area (Å²) in [6.45, 7) is 0.293. The number of nitrogen functional groups attached to an aromatic ring is 1. The molecule has 2 aromatic carbocycles. The number of fused-ring (bicyclic) bond motifs is 1. The monoisotopic (exact) mass is 466 g/mol. The van der Waals surface area contributed by atoms with Crippen molar-refractivity contribution >= 4 is 28.3 Å². The molecule has 3 aromatic rings. The molecule has 1 heterocycles. The van der Waals surface area contributed by atoms with Crippen LogP contribution in [-0.4, -0.2) is 37.1 Å². The molecule has 0 saturated heterocycles. The Labute approximate surface area is 196 Å². The molecule has 172 valence electrons. The van der Waals surface area contributed by atoms with Crippen molar-refractivity contribution in [2.24, 2.45) is 0 Å². The number of methoxy groups -OCH3 is 2. The van der Waals surface area contributed by atoms with E-state index in [-0.39, 0.29) is 17.9 Å². The zero-order chi connectivity index (χ0) is 23.4. The van der Waals surface area contributed by atoms with Crippen molar-refractivity contribution in [2.75, 3.05) is 20.0 Å². The number of benzene rings is 2. The summed E-state index contributed by atoms with van der Waals surface area (Å²) in [5.74, 6) is 0.669. The van der Waals surface area contributed by atoms with Crippen molar-refractivity contribution in [2.45, 2.75) is 31.8 Å². The zero-order valence-electron chi connectivity index (χ0n) is 18.5. The normalized spacial score (nSPS) is 14.8. The van der Waals surface area contributed by atoms with Crippen LogP contribution in [0.2, 0.25) is 0 Å². The summed E-state index contributed by atoms with van der Waals surface area (Å²) in [6.07, 6.45) is 2.40. The number of aromatic nitrogens is 1. The van der Waals surface area contributed by atoms with E-state index in [9.17, 15) is 9.59 Å². The Morgan fingerprint density at radius 1 is 1.09 bits per heavy atom. The van der Waals surface area contributed by atoms with Gasteiger partial charge in [0, 0.05) is 35.0 Å². The highest BCUT2D eigenvalue weighted by molar-refractivity contribution is 7.15. The lowest BCUT2D eigenvalue weighted by Crippen LogP contribution is -2.38. The van der Waals surface area contributed by atoms with Gasteiger partial charge in [-0.15, -0.1) is 11.3 Å². The number of rotatable bonds is 7. The van der Waals surface area contributed by atoms with Gasteiger partial charge in [0.15, 0.2) is 16.6 Å². The van der Waals surface area contributed by atoms with Crippen molar-refractivity contribution in [3.63, 3.8) is 0 Å². The summed E-state index contributed by atoms with van der Waals surface area (Å²) in [7, 11) is 3.07. The fraction of sp³-hybridized carbons (Fsp3) is 0.292. The Hall–Kier alpha value is -3.59. The Balaban J connectivity index is 1.36. The second-order valence-corrected chi connectivity index (χ2v) is 8.90. The van der Waals surface area contributed by atoms with Crippen LogP contribution < -0.4 is 25.8 Å². The molecule has 1 aromatic heterocycles. The number of hydrogen-bond acceptors (Lipinski definition) is 7. The van der Waals surface area contributed by atoms with Crippen LogP contribution in [0.3, 0.4) is 0 Å². The molecular weight excluding hydrogens is 440 g/mol. The Morgan fingerprint density at radius 3 is 2.67 bits per heavy atom. The Morgan fingerprint density at radius 2 is 1.88 bits per heavy atom. The van der Waals surface area contributed by atoms with E-state index in [0.29, 0.717) is 34.3 Å². The predicted octanol–water partition coefficient (Wildman–Crippen LogP) is 2.96. The summed E-state index contributed by atoms with van der Waals surface area (Å²) in [5, 5.41) is 6.57. The van der Waals surface area contributed by atoms with Gasteiger partial charge in [0.1, 0.15) is 0 Å². The van der Waals surface area contributed by atoms with E-state index in [4.69, 9.17) is 15.2 Å². The number of nitrogens with two attached hydrogens (primary N) is 1. The highest BCUT2D eigenvalue weighted by atomic mass is 32.1. The predicted molar refractivity (Wildman–Crippen MR) is 127 cm³/mol. The zero-order valence-corrected chi connectivity index (χ0v) is 19.3. The number of nitrogens with zero attached hydrogens (tertiary/aromatic N) is 1. The first kappa shape index (κ1) is 22.6. The molecule has 0 saturated carbocycles. The topological polar surface area (TPSA) is 116 Å². The minimum absolute atomic E-state index is 0.0539. The van der Waals surface area contributed by atoms with Crippen molar-refractivity contribution in [3.8, 4) is 11.5 Å². The van der Waals surface area contributed by atoms with Gasteiger partial charge in [-0.3, -0.25) is 9.59 Å². The Bertz CT molecular complexity index is 1180. The number of anilines is 1. The van der Waals surface area contributed by atoms with E-state index < -0.39 is 0 Å². The minimum atomic E-state index is -0.243. The number of hydrogen-bond donors (Lipinski definition) is 3. The summed E-state index contributed by atoms with van der Waals surface area (Å²) >= 11 is 1.49. The van der Waals surface area contributed by atoms with Crippen LogP contribution >= 0.6 is 11.3 Å². The van der Waals surface area contributed by atoms with Crippen LogP contribution in [0.4, 0.5) is 5.13 Å². The van der Waals surface area contributed by atoms with E-state index in [1.54, 1.807) is 37.4 Å². The molecule has 1 aliphatic rings. The fourth-order valence-corrected chi connectivity index (χ4v) is 4.83. The fourth-order valence-electron chi connectivity index (χ4n) is 3.87. The average Bonchev–Trinajstić information content (AvgIpc) is 3.21. The molecule has 2 amide bonds. The third-order valence-corrected chi connectivity index (χ3v) is 6.53. The first-order valence-electron chi connectivity index (χ1n) is 10.6. The molecule has 33 heavy (non-hydrogen) atoms. The molecule has 1 atom stereocenters. The lowest BCUT2D eigenvalue weighted by molar-refractivity contribution is 0.0931. The highest BCUT2D eigenvalue weighted by Crippen LogP contribution is 2.29. The van der Waals surface area contributed by atoms with E-state index in [0.717, 1.165) is 35.4 Å². The van der Waals surface area contributed by atoms with Crippen LogP contribution in [0.25, 0.3) is 0 Å². The second kappa shape index (κ2) is 9.91. The molecule has 0 fully saturated rings. The lowest BCUT2D eigenvalue weighted by Gasteiger charge is -2.22. The SMILES string of the molecule is COc1ccc(C(=O)NCc2cccc(C(=O)N[C@H]3CCc4nc(N)sc4C3)c2)cc1OC. The lowest BCUT2D eigenvalue weighted by atomic mass is 9.97. The van der Waals surface area contributed by atoms with Gasteiger partial charge in [-0.25, -0.2) is 4.98 Å². The van der Waals surface area contributed by atoms with Crippen LogP contribution in [0, 0.1) is 0 Å². The third kappa shape index (κ3) is 5.25. The molecule has 0 radical (unpaired) electrons. The van der Waals surface area contributed by atoms with Gasteiger partial charge in [-0.2, -0.15) is 0 Å². The number of ether oxygens (including phenoxy) is 2. The van der Waals surface area contributed by atoms with Crippen LogP contribution in [0.15, 0.2) is 42.5 Å². The number of carbonyl (C=O) groups is 2. The number of carbonyl (C=O) groups excluding carboxylic acids is 2. The van der Waals surface area contributed by atoms with Gasteiger partial charge >= 0.3 is 0 Å². The molecule has 9 heteroatoms. The van der Waals surface area contributed by atoms with Crippen LogP contribution in [-0.2, 0) is 19.4 Å². The van der Waals surface area contributed by atoms with Crippen molar-refractivity contribution in [3.05, 3.63) is 69.7 Å². The molecule has 8 nitrogen and oxygen atoms in total. The number of amides is 2. The largest absolute Gasteiger partial charge is 0.493 e. The first-order valence-corrected chi connectivity index (χ1v) is 11.4. The van der Waals surface area contributed by atoms with Gasteiger partial charge in [0.2, 0.25) is 0 Å². The molecule has 0 aliphatic heterocycles. The van der Waals surface area contributed by atoms with Crippen LogP contribution in [0.5, 0.6) is 11.5 Å². The van der Waals surface area contributed by atoms with Gasteiger partial charge in [-0.05, 0) is 48.7 Å². The van der Waals surface area contributed by atoms with Gasteiger partial charge in [-0.1, -0.05) is 12.1 Å². The van der Waals surface area contributed by atoms with Gasteiger partial charge < -0.3 is 25.8 Å². The molecule has 0 spiro atoms. The molecule has 4 N–H and O–H groups in total. The standard InChI is InChI=1S/C24H26N4O4S/c1-31-19-9-6-16(11-20(19)32-2)22(29)26-13-14-4-3-5-15(10-14)23(30)27-17-7-8-18-21(12-17)33-24(25)28-18/h3-6,9-11,17H,7-8,12-13H2,1-2H3,(H2,25,28)(H,26,29)(H,27,30)/t17-/m0/s1. The van der Waals surface area contributed by atoms with Gasteiger partial charge in [0.25, 0.3) is 11.8 Å². The molecule has 1 aliphatic carbocycles. The van der Waals surface area contributed by atoms with E-state index in [1.807, 2.05) is 12.1 Å². The maximum atomic E-state index is 12.8. The summed E-state index contributed by atoms with van der Waals surface area (Å²) < 4.78 is 10.5. The van der Waals surface area contributed by atoms with Gasteiger partial charge in [0.05, 0.1) is 19.9 Å². The highest BCUT2D eigenvalue weighted by Gasteiger charge is 2.23. The molecule has 4 rings (SSSR count). The number of nitrogens with one attached hydrogen (secondary N) is 2. The van der Waals surface area contributed by atoms with Crippen molar-refractivity contribution < 1.29 is 19.1 Å². The van der Waals surface area contributed by atoms with E-state index >= 15 is 0 Å². The number of thiazole rings is 1. The smallest absolute Gasteiger partial charge is 0.251 e. The van der Waals surface area contributed by atoms with E-state index in [1.165, 1.54) is 18.4 Å². The first-order chi connectivity index (χ1) is 16.0. The second-order valence-electron chi connectivity index (χ2n) is 7.79. The summed E-state index contributed by atoms with van der Waals surface area (Å²) in [5.41, 5.74) is 8.71. The average molecular weight is 467 g/mol. The van der Waals surface area contributed by atoms with Crippen LogP contribution in [0.1, 0.15) is 43.3 Å². The summed E-state index contributed by atoms with van der Waals surface area (Å²) in [4.78, 5) is 30.9. The maximum Gasteiger partial charge on any atom is 0.251 e. The maximum absolute atomic E-state index is 12.8. The Kier molecular flexibility index (Phi) is 6.79. The number of aryl methyl sites for hydroxylation is 1. The molecule has 0 unspecified atom stereocenters.